The number of benzene rings is 3. The molecule has 0 aliphatic carbocycles. The zero-order valence-corrected chi connectivity index (χ0v) is 18.2. The number of aromatic nitrogens is 1. The summed E-state index contributed by atoms with van der Waals surface area (Å²) in [4.78, 5) is 17.9. The van der Waals surface area contributed by atoms with Crippen molar-refractivity contribution in [2.75, 3.05) is 7.11 Å². The summed E-state index contributed by atoms with van der Waals surface area (Å²) in [5, 5.41) is 24.8. The molecular weight excluding hydrogens is 418 g/mol. The number of carbonyl (C=O) groups excluding carboxylic acids is 1. The van der Waals surface area contributed by atoms with Gasteiger partial charge in [-0.15, -0.1) is 0 Å². The second-order valence-corrected chi connectivity index (χ2v) is 7.33. The highest BCUT2D eigenvalue weighted by Crippen LogP contribution is 2.31. The number of hydrazone groups is 1. The number of methoxy groups -OCH3 is 1. The molecule has 0 unspecified atom stereocenters. The number of nitrogens with one attached hydrogen (secondary N) is 1. The Hall–Kier alpha value is -4.39. The van der Waals surface area contributed by atoms with Crippen molar-refractivity contribution in [3.05, 3.63) is 83.9 Å². The van der Waals surface area contributed by atoms with Gasteiger partial charge < -0.3 is 14.9 Å². The summed E-state index contributed by atoms with van der Waals surface area (Å²) in [7, 11) is 1.59. The van der Waals surface area contributed by atoms with Crippen molar-refractivity contribution in [2.45, 2.75) is 13.3 Å². The lowest BCUT2D eigenvalue weighted by Crippen LogP contribution is -2.20. The summed E-state index contributed by atoms with van der Waals surface area (Å²) in [5.74, 6) is 0.194. The van der Waals surface area contributed by atoms with Gasteiger partial charge in [-0.1, -0.05) is 37.3 Å². The van der Waals surface area contributed by atoms with Crippen LogP contribution in [0, 0.1) is 0 Å². The van der Waals surface area contributed by atoms with Crippen LogP contribution in [0.1, 0.15) is 29.3 Å². The Bertz CT molecular complexity index is 1370. The minimum Gasteiger partial charge on any atom is -0.508 e. The first-order chi connectivity index (χ1) is 16.0. The molecule has 33 heavy (non-hydrogen) atoms. The van der Waals surface area contributed by atoms with Crippen molar-refractivity contribution in [3.63, 3.8) is 0 Å². The Labute approximate surface area is 191 Å². The second kappa shape index (κ2) is 9.40. The summed E-state index contributed by atoms with van der Waals surface area (Å²) < 4.78 is 5.47. The second-order valence-electron chi connectivity index (χ2n) is 7.33. The third kappa shape index (κ3) is 4.48. The van der Waals surface area contributed by atoms with E-state index in [0.717, 1.165) is 5.56 Å². The van der Waals surface area contributed by atoms with Crippen LogP contribution in [-0.4, -0.2) is 33.9 Å². The monoisotopic (exact) mass is 441 g/mol. The third-order valence-corrected chi connectivity index (χ3v) is 5.26. The number of hydrogen-bond donors (Lipinski definition) is 3. The van der Waals surface area contributed by atoms with E-state index < -0.39 is 5.91 Å². The van der Waals surface area contributed by atoms with Crippen LogP contribution in [-0.2, 0) is 0 Å². The van der Waals surface area contributed by atoms with Crippen LogP contribution in [0.2, 0.25) is 0 Å². The van der Waals surface area contributed by atoms with Gasteiger partial charge in [0.15, 0.2) is 0 Å². The highest BCUT2D eigenvalue weighted by Gasteiger charge is 2.16. The third-order valence-electron chi connectivity index (χ3n) is 5.26. The maximum atomic E-state index is 13.2. The molecule has 0 atom stereocenters. The zero-order valence-electron chi connectivity index (χ0n) is 18.2. The fourth-order valence-electron chi connectivity index (χ4n) is 3.62. The molecule has 0 bridgehead atoms. The molecule has 1 heterocycles. The first-order valence-corrected chi connectivity index (χ1v) is 10.4. The zero-order chi connectivity index (χ0) is 23.4. The lowest BCUT2D eigenvalue weighted by atomic mass is 10.0. The van der Waals surface area contributed by atoms with Gasteiger partial charge in [0.25, 0.3) is 5.91 Å². The lowest BCUT2D eigenvalue weighted by Gasteiger charge is -2.12. The number of amides is 1. The van der Waals surface area contributed by atoms with Crippen molar-refractivity contribution in [1.29, 1.82) is 0 Å². The molecule has 0 radical (unpaired) electrons. The van der Waals surface area contributed by atoms with Crippen LogP contribution in [0.15, 0.2) is 77.9 Å². The quantitative estimate of drug-likeness (QED) is 0.225. The summed E-state index contributed by atoms with van der Waals surface area (Å²) in [6, 6.07) is 20.7. The summed E-state index contributed by atoms with van der Waals surface area (Å²) in [5.41, 5.74) is 5.81. The number of rotatable bonds is 6. The van der Waals surface area contributed by atoms with E-state index in [2.05, 4.69) is 10.5 Å². The number of fused-ring (bicyclic) bond motifs is 1. The fourth-order valence-corrected chi connectivity index (χ4v) is 3.62. The number of para-hydroxylation sites is 2. The number of ether oxygens (including phenoxy) is 1. The van der Waals surface area contributed by atoms with Crippen molar-refractivity contribution < 1.29 is 19.7 Å². The first kappa shape index (κ1) is 21.8. The number of pyridine rings is 1. The van der Waals surface area contributed by atoms with E-state index in [1.165, 1.54) is 18.2 Å². The van der Waals surface area contributed by atoms with E-state index in [4.69, 9.17) is 9.72 Å². The number of phenols is 2. The molecule has 1 aromatic heterocycles. The molecule has 0 saturated carbocycles. The Morgan fingerprint density at radius 3 is 2.55 bits per heavy atom. The first-order valence-electron chi connectivity index (χ1n) is 10.4. The smallest absolute Gasteiger partial charge is 0.272 e. The van der Waals surface area contributed by atoms with Crippen molar-refractivity contribution in [1.82, 2.24) is 10.4 Å². The maximum Gasteiger partial charge on any atom is 0.272 e. The van der Waals surface area contributed by atoms with Crippen LogP contribution in [0.5, 0.6) is 17.2 Å². The molecule has 7 nitrogen and oxygen atoms in total. The highest BCUT2D eigenvalue weighted by atomic mass is 16.5. The minimum atomic E-state index is -0.421. The van der Waals surface area contributed by atoms with E-state index in [1.807, 2.05) is 55.5 Å². The number of aromatic hydroxyl groups is 2. The average molecular weight is 441 g/mol. The topological polar surface area (TPSA) is 104 Å². The molecule has 1 amide bonds. The van der Waals surface area contributed by atoms with Gasteiger partial charge in [-0.3, -0.25) is 4.79 Å². The molecule has 0 spiro atoms. The molecule has 0 saturated heterocycles. The van der Waals surface area contributed by atoms with Crippen LogP contribution >= 0.6 is 0 Å². The van der Waals surface area contributed by atoms with Gasteiger partial charge in [-0.25, -0.2) is 10.4 Å². The van der Waals surface area contributed by atoms with Crippen LogP contribution in [0.25, 0.3) is 22.2 Å². The Morgan fingerprint density at radius 1 is 1.00 bits per heavy atom. The largest absolute Gasteiger partial charge is 0.508 e. The molecule has 4 aromatic rings. The Balaban J connectivity index is 1.76. The predicted molar refractivity (Wildman–Crippen MR) is 128 cm³/mol. The highest BCUT2D eigenvalue weighted by molar-refractivity contribution is 6.09. The van der Waals surface area contributed by atoms with Gasteiger partial charge in [-0.05, 0) is 48.9 Å². The summed E-state index contributed by atoms with van der Waals surface area (Å²) in [6.45, 7) is 1.84. The van der Waals surface area contributed by atoms with Gasteiger partial charge in [0.05, 0.1) is 29.6 Å². The van der Waals surface area contributed by atoms with Gasteiger partial charge in [0, 0.05) is 16.5 Å². The van der Waals surface area contributed by atoms with E-state index in [0.29, 0.717) is 45.6 Å². The number of hydrogen-bond acceptors (Lipinski definition) is 6. The molecular formula is C26H23N3O4. The molecule has 0 aliphatic rings. The Kier molecular flexibility index (Phi) is 6.22. The molecule has 4 rings (SSSR count). The fraction of sp³-hybridized carbons (Fsp3) is 0.115. The van der Waals surface area contributed by atoms with Gasteiger partial charge in [0.2, 0.25) is 0 Å². The van der Waals surface area contributed by atoms with E-state index in [9.17, 15) is 15.0 Å². The number of carbonyl (C=O) groups is 1. The predicted octanol–water partition coefficient (Wildman–Crippen LogP) is 4.87. The molecule has 0 fully saturated rings. The number of nitrogens with zero attached hydrogens (tertiary/aromatic N) is 2. The molecule has 7 heteroatoms. The molecule has 3 aromatic carbocycles. The van der Waals surface area contributed by atoms with Crippen molar-refractivity contribution in [2.24, 2.45) is 5.10 Å². The maximum absolute atomic E-state index is 13.2. The van der Waals surface area contributed by atoms with Gasteiger partial charge >= 0.3 is 0 Å². The van der Waals surface area contributed by atoms with E-state index in [-0.39, 0.29) is 11.5 Å². The standard InChI is InChI=1S/C26H23N3O4/c1-3-21(20-14-16(30)12-13-24(20)31)28-29-26(32)19-15-23(18-9-5-7-11-25(18)33-2)27-22-10-6-4-8-17(19)22/h4-15,30-31H,3H2,1-2H3,(H,29,32)/b28-21+. The Morgan fingerprint density at radius 2 is 1.76 bits per heavy atom. The normalized spacial score (nSPS) is 11.4. The molecule has 3 N–H and O–H groups in total. The molecule has 0 aliphatic heterocycles. The van der Waals surface area contributed by atoms with Gasteiger partial charge in [-0.2, -0.15) is 5.10 Å². The van der Waals surface area contributed by atoms with E-state index >= 15 is 0 Å². The van der Waals surface area contributed by atoms with Crippen molar-refractivity contribution in [3.8, 4) is 28.5 Å². The van der Waals surface area contributed by atoms with Crippen molar-refractivity contribution >= 4 is 22.5 Å². The number of phenolic OH excluding ortho intramolecular Hbond substituents is 2. The SMILES string of the molecule is CC/C(=N\NC(=O)c1cc(-c2ccccc2OC)nc2ccccc12)c1cc(O)ccc1O. The minimum absolute atomic E-state index is 0.00291. The summed E-state index contributed by atoms with van der Waals surface area (Å²) >= 11 is 0. The lowest BCUT2D eigenvalue weighted by molar-refractivity contribution is 0.0956. The van der Waals surface area contributed by atoms with Crippen LogP contribution in [0.4, 0.5) is 0 Å². The van der Waals surface area contributed by atoms with Crippen LogP contribution < -0.4 is 10.2 Å². The summed E-state index contributed by atoms with van der Waals surface area (Å²) in [6.07, 6.45) is 0.431. The van der Waals surface area contributed by atoms with Crippen LogP contribution in [0.3, 0.4) is 0 Å². The van der Waals surface area contributed by atoms with Gasteiger partial charge in [0.1, 0.15) is 17.2 Å². The average Bonchev–Trinajstić information content (AvgIpc) is 2.85. The van der Waals surface area contributed by atoms with E-state index in [1.54, 1.807) is 13.2 Å². The molecule has 166 valence electrons.